The van der Waals surface area contributed by atoms with Gasteiger partial charge in [0.1, 0.15) is 5.75 Å². The number of halogens is 1. The Balaban J connectivity index is 0.00000312. The number of ether oxygens (including phenoxy) is 2. The summed E-state index contributed by atoms with van der Waals surface area (Å²) in [6, 6.07) is 8.00. The van der Waals surface area contributed by atoms with Gasteiger partial charge in [-0.3, -0.25) is 9.79 Å². The number of likely N-dealkylation sites (tertiary alicyclic amines) is 1. The molecule has 25 heavy (non-hydrogen) atoms. The monoisotopic (exact) mass is 461 g/mol. The normalized spacial score (nSPS) is 20.0. The highest BCUT2D eigenvalue weighted by molar-refractivity contribution is 14.0. The first-order chi connectivity index (χ1) is 11.6. The number of benzene rings is 1. The van der Waals surface area contributed by atoms with Crippen molar-refractivity contribution in [1.29, 1.82) is 0 Å². The fourth-order valence-electron chi connectivity index (χ4n) is 3.02. The van der Waals surface area contributed by atoms with Crippen molar-refractivity contribution < 1.29 is 14.3 Å². The molecule has 1 heterocycles. The van der Waals surface area contributed by atoms with Crippen LogP contribution in [0.3, 0.4) is 0 Å². The number of aliphatic imine (C=N–C) groups is 1. The number of methoxy groups -OCH3 is 1. The smallest absolute Gasteiger partial charge is 0.310 e. The molecule has 2 atom stereocenters. The number of carbonyl (C=O) groups excluding carboxylic acids is 1. The Bertz CT molecular complexity index is 595. The second-order valence-electron chi connectivity index (χ2n) is 5.99. The average Bonchev–Trinajstić information content (AvgIpc) is 2.97. The number of hydrogen-bond donors (Lipinski definition) is 1. The highest BCUT2D eigenvalue weighted by Gasteiger charge is 2.36. The maximum atomic E-state index is 11.8. The van der Waals surface area contributed by atoms with Gasteiger partial charge >= 0.3 is 5.97 Å². The molecule has 0 aromatic heterocycles. The Labute approximate surface area is 167 Å². The minimum Gasteiger partial charge on any atom is -0.494 e. The number of carbonyl (C=O) groups is 1. The summed E-state index contributed by atoms with van der Waals surface area (Å²) in [7, 11) is 3.20. The summed E-state index contributed by atoms with van der Waals surface area (Å²) in [5, 5.41) is 3.36. The minimum absolute atomic E-state index is 0. The van der Waals surface area contributed by atoms with Gasteiger partial charge in [-0.05, 0) is 30.5 Å². The molecule has 1 aromatic rings. The van der Waals surface area contributed by atoms with Gasteiger partial charge in [-0.15, -0.1) is 24.0 Å². The van der Waals surface area contributed by atoms with Crippen LogP contribution >= 0.6 is 24.0 Å². The van der Waals surface area contributed by atoms with Crippen molar-refractivity contribution in [2.75, 3.05) is 33.9 Å². The molecular weight excluding hydrogens is 433 g/mol. The van der Waals surface area contributed by atoms with Gasteiger partial charge in [0.25, 0.3) is 0 Å². The fourth-order valence-corrected chi connectivity index (χ4v) is 3.02. The van der Waals surface area contributed by atoms with Gasteiger partial charge in [-0.25, -0.2) is 0 Å². The van der Waals surface area contributed by atoms with Gasteiger partial charge in [-0.1, -0.05) is 19.1 Å². The zero-order valence-electron chi connectivity index (χ0n) is 15.3. The van der Waals surface area contributed by atoms with Gasteiger partial charge in [0.05, 0.1) is 19.6 Å². The predicted molar refractivity (Wildman–Crippen MR) is 109 cm³/mol. The number of rotatable bonds is 5. The van der Waals surface area contributed by atoms with Gasteiger partial charge in [-0.2, -0.15) is 0 Å². The summed E-state index contributed by atoms with van der Waals surface area (Å²) in [5.41, 5.74) is 1.12. The lowest BCUT2D eigenvalue weighted by Gasteiger charge is -2.21. The molecule has 1 aliphatic heterocycles. The highest BCUT2D eigenvalue weighted by Crippen LogP contribution is 2.24. The van der Waals surface area contributed by atoms with E-state index in [1.54, 1.807) is 7.05 Å². The molecule has 140 valence electrons. The lowest BCUT2D eigenvalue weighted by Crippen LogP contribution is -2.40. The van der Waals surface area contributed by atoms with E-state index in [1.165, 1.54) is 7.11 Å². The first-order valence-corrected chi connectivity index (χ1v) is 8.34. The summed E-state index contributed by atoms with van der Waals surface area (Å²) in [6.07, 6.45) is 0. The van der Waals surface area contributed by atoms with Crippen LogP contribution < -0.4 is 10.1 Å². The van der Waals surface area contributed by atoms with Crippen molar-refractivity contribution in [3.8, 4) is 5.75 Å². The maximum Gasteiger partial charge on any atom is 0.310 e. The maximum absolute atomic E-state index is 11.8. The fraction of sp³-hybridized carbons (Fsp3) is 0.556. The molecule has 0 saturated carbocycles. The number of nitrogens with one attached hydrogen (secondary N) is 1. The Hall–Kier alpha value is -1.51. The Morgan fingerprint density at radius 2 is 2.16 bits per heavy atom. The van der Waals surface area contributed by atoms with E-state index in [2.05, 4.69) is 22.1 Å². The third-order valence-electron chi connectivity index (χ3n) is 4.29. The van der Waals surface area contributed by atoms with Crippen molar-refractivity contribution in [2.24, 2.45) is 16.8 Å². The van der Waals surface area contributed by atoms with Crippen molar-refractivity contribution in [3.63, 3.8) is 0 Å². The lowest BCUT2D eigenvalue weighted by atomic mass is 9.99. The van der Waals surface area contributed by atoms with Crippen molar-refractivity contribution >= 4 is 35.9 Å². The summed E-state index contributed by atoms with van der Waals surface area (Å²) in [4.78, 5) is 18.3. The molecule has 0 amide bonds. The second kappa shape index (κ2) is 10.5. The number of guanidine groups is 1. The van der Waals surface area contributed by atoms with Crippen molar-refractivity contribution in [3.05, 3.63) is 29.8 Å². The van der Waals surface area contributed by atoms with Gasteiger partial charge < -0.3 is 19.7 Å². The SMILES string of the molecule is CCOc1cccc(CNC(=NC)N2CC(C)C(C(=O)OC)C2)c1.I. The van der Waals surface area contributed by atoms with Crippen LogP contribution in [0.15, 0.2) is 29.3 Å². The summed E-state index contributed by atoms with van der Waals surface area (Å²) < 4.78 is 10.4. The van der Waals surface area contributed by atoms with Crippen LogP contribution in [-0.2, 0) is 16.1 Å². The van der Waals surface area contributed by atoms with Gasteiger partial charge in [0, 0.05) is 26.7 Å². The van der Waals surface area contributed by atoms with Crippen LogP contribution in [0.25, 0.3) is 0 Å². The van der Waals surface area contributed by atoms with Crippen LogP contribution in [0.5, 0.6) is 5.75 Å². The Morgan fingerprint density at radius 3 is 2.80 bits per heavy atom. The molecule has 0 spiro atoms. The number of esters is 1. The first-order valence-electron chi connectivity index (χ1n) is 8.34. The van der Waals surface area contributed by atoms with Crippen molar-refractivity contribution in [1.82, 2.24) is 10.2 Å². The molecule has 0 bridgehead atoms. The lowest BCUT2D eigenvalue weighted by molar-refractivity contribution is -0.145. The number of nitrogens with zero attached hydrogens (tertiary/aromatic N) is 2. The summed E-state index contributed by atoms with van der Waals surface area (Å²) in [5.74, 6) is 1.67. The average molecular weight is 461 g/mol. The van der Waals surface area contributed by atoms with Crippen LogP contribution in [-0.4, -0.2) is 50.7 Å². The second-order valence-corrected chi connectivity index (χ2v) is 5.99. The molecule has 7 heteroatoms. The molecule has 1 aliphatic rings. The quantitative estimate of drug-likeness (QED) is 0.316. The topological polar surface area (TPSA) is 63.2 Å². The van der Waals surface area contributed by atoms with Crippen molar-refractivity contribution in [2.45, 2.75) is 20.4 Å². The molecule has 2 rings (SSSR count). The Kier molecular flexibility index (Phi) is 9.02. The van der Waals surface area contributed by atoms with Crippen LogP contribution in [0.1, 0.15) is 19.4 Å². The zero-order valence-corrected chi connectivity index (χ0v) is 17.7. The molecule has 0 radical (unpaired) electrons. The molecule has 6 nitrogen and oxygen atoms in total. The highest BCUT2D eigenvalue weighted by atomic mass is 127. The zero-order chi connectivity index (χ0) is 17.5. The van der Waals surface area contributed by atoms with Gasteiger partial charge in [0.15, 0.2) is 5.96 Å². The third kappa shape index (κ3) is 5.76. The molecule has 1 aromatic carbocycles. The van der Waals surface area contributed by atoms with E-state index >= 15 is 0 Å². The number of hydrogen-bond acceptors (Lipinski definition) is 4. The van der Waals surface area contributed by atoms with Crippen LogP contribution in [0.2, 0.25) is 0 Å². The van der Waals surface area contributed by atoms with E-state index in [4.69, 9.17) is 9.47 Å². The molecule has 1 fully saturated rings. The molecular formula is C18H28IN3O3. The molecule has 1 N–H and O–H groups in total. The molecule has 1 saturated heterocycles. The van der Waals surface area contributed by atoms with Crippen LogP contribution in [0, 0.1) is 11.8 Å². The molecule has 0 aliphatic carbocycles. The van der Waals surface area contributed by atoms with E-state index in [-0.39, 0.29) is 41.8 Å². The summed E-state index contributed by atoms with van der Waals surface area (Å²) >= 11 is 0. The van der Waals surface area contributed by atoms with Crippen LogP contribution in [0.4, 0.5) is 0 Å². The van der Waals surface area contributed by atoms with E-state index in [1.807, 2.05) is 31.2 Å². The standard InChI is InChI=1S/C18H27N3O3.HI/c1-5-24-15-8-6-7-14(9-15)10-20-18(19-3)21-11-13(2)16(12-21)17(22)23-4;/h6-9,13,16H,5,10-12H2,1-4H3,(H,19,20);1H. The predicted octanol–water partition coefficient (Wildman–Crippen LogP) is 2.52. The van der Waals surface area contributed by atoms with E-state index in [0.29, 0.717) is 19.7 Å². The van der Waals surface area contributed by atoms with E-state index in [0.717, 1.165) is 23.8 Å². The first kappa shape index (κ1) is 21.5. The minimum atomic E-state index is -0.148. The van der Waals surface area contributed by atoms with E-state index in [9.17, 15) is 4.79 Å². The third-order valence-corrected chi connectivity index (χ3v) is 4.29. The van der Waals surface area contributed by atoms with E-state index < -0.39 is 0 Å². The Morgan fingerprint density at radius 1 is 1.40 bits per heavy atom. The molecule has 2 unspecified atom stereocenters. The largest absolute Gasteiger partial charge is 0.494 e. The summed E-state index contributed by atoms with van der Waals surface area (Å²) in [6.45, 7) is 6.77. The van der Waals surface area contributed by atoms with Gasteiger partial charge in [0.2, 0.25) is 0 Å².